The number of rotatable bonds is 3. The fourth-order valence-electron chi connectivity index (χ4n) is 3.87. The van der Waals surface area contributed by atoms with E-state index in [-0.39, 0.29) is 17.9 Å². The molecule has 1 aliphatic carbocycles. The number of carbonyl (C=O) groups excluding carboxylic acids is 1. The van der Waals surface area contributed by atoms with Crippen LogP contribution in [0, 0.1) is 6.92 Å². The minimum atomic E-state index is -0.0852. The maximum Gasteiger partial charge on any atom is 0.254 e. The number of nitrogens with one attached hydrogen (secondary N) is 1. The summed E-state index contributed by atoms with van der Waals surface area (Å²) in [4.78, 5) is 23.1. The second-order valence-corrected chi connectivity index (χ2v) is 6.83. The van der Waals surface area contributed by atoms with Crippen molar-refractivity contribution >= 4 is 11.9 Å². The number of carbonyl (C=O) groups is 1. The van der Waals surface area contributed by atoms with Gasteiger partial charge in [-0.2, -0.15) is 0 Å². The Morgan fingerprint density at radius 3 is 2.78 bits per heavy atom. The normalized spacial score (nSPS) is 23.6. The monoisotopic (exact) mass is 317 g/mol. The van der Waals surface area contributed by atoms with E-state index in [1.807, 2.05) is 0 Å². The molecule has 1 atom stereocenters. The van der Waals surface area contributed by atoms with Crippen LogP contribution in [-0.4, -0.2) is 45.9 Å². The number of hydrogen-bond donors (Lipinski definition) is 2. The van der Waals surface area contributed by atoms with E-state index in [9.17, 15) is 4.79 Å². The quantitative estimate of drug-likeness (QED) is 0.889. The number of nitrogen functional groups attached to an aromatic ring is 1. The van der Waals surface area contributed by atoms with Gasteiger partial charge in [-0.3, -0.25) is 9.69 Å². The molecular weight excluding hydrogens is 290 g/mol. The Morgan fingerprint density at radius 2 is 2.04 bits per heavy atom. The highest BCUT2D eigenvalue weighted by molar-refractivity contribution is 5.95. The summed E-state index contributed by atoms with van der Waals surface area (Å²) in [6.45, 7) is 3.93. The Hall–Kier alpha value is -1.69. The fraction of sp³-hybridized carbons (Fsp3) is 0.706. The average molecular weight is 317 g/mol. The molecule has 2 aliphatic rings. The van der Waals surface area contributed by atoms with Crippen molar-refractivity contribution in [3.8, 4) is 0 Å². The lowest BCUT2D eigenvalue weighted by Gasteiger charge is -2.40. The lowest BCUT2D eigenvalue weighted by molar-refractivity contribution is 0.0834. The lowest BCUT2D eigenvalue weighted by atomic mass is 9.92. The summed E-state index contributed by atoms with van der Waals surface area (Å²) in [7, 11) is 0. The summed E-state index contributed by atoms with van der Waals surface area (Å²) in [6, 6.07) is 0.931. The van der Waals surface area contributed by atoms with Crippen molar-refractivity contribution in [3.63, 3.8) is 0 Å². The van der Waals surface area contributed by atoms with Gasteiger partial charge >= 0.3 is 0 Å². The molecule has 0 radical (unpaired) electrons. The third kappa shape index (κ3) is 3.99. The van der Waals surface area contributed by atoms with E-state index in [1.165, 1.54) is 44.8 Å². The first kappa shape index (κ1) is 16.2. The van der Waals surface area contributed by atoms with E-state index >= 15 is 0 Å². The molecule has 1 aromatic heterocycles. The van der Waals surface area contributed by atoms with Crippen molar-refractivity contribution in [1.29, 1.82) is 0 Å². The zero-order valence-electron chi connectivity index (χ0n) is 13.9. The molecule has 1 amide bonds. The number of nitrogens with two attached hydrogens (primary N) is 1. The van der Waals surface area contributed by atoms with Crippen LogP contribution in [-0.2, 0) is 0 Å². The van der Waals surface area contributed by atoms with Crippen LogP contribution < -0.4 is 11.1 Å². The maximum absolute atomic E-state index is 12.5. The third-order valence-corrected chi connectivity index (χ3v) is 5.12. The molecule has 2 heterocycles. The number of aromatic nitrogens is 2. The van der Waals surface area contributed by atoms with Crippen LogP contribution in [0.3, 0.4) is 0 Å². The smallest absolute Gasteiger partial charge is 0.254 e. The van der Waals surface area contributed by atoms with Crippen LogP contribution in [0.25, 0.3) is 0 Å². The highest BCUT2D eigenvalue weighted by atomic mass is 16.1. The zero-order valence-corrected chi connectivity index (χ0v) is 13.9. The molecule has 1 aliphatic heterocycles. The van der Waals surface area contributed by atoms with Gasteiger partial charge in [-0.15, -0.1) is 0 Å². The second kappa shape index (κ2) is 7.25. The Morgan fingerprint density at radius 1 is 1.26 bits per heavy atom. The number of piperidine rings is 1. The molecule has 1 saturated heterocycles. The molecule has 126 valence electrons. The predicted octanol–water partition coefficient (Wildman–Crippen LogP) is 1.89. The lowest BCUT2D eigenvalue weighted by Crippen LogP contribution is -2.51. The number of anilines is 1. The largest absolute Gasteiger partial charge is 0.368 e. The summed E-state index contributed by atoms with van der Waals surface area (Å²) in [5, 5.41) is 3.16. The van der Waals surface area contributed by atoms with Gasteiger partial charge in [-0.05, 0) is 39.2 Å². The van der Waals surface area contributed by atoms with Gasteiger partial charge in [0.2, 0.25) is 5.95 Å². The summed E-state index contributed by atoms with van der Waals surface area (Å²) in [6.07, 6.45) is 10.4. The third-order valence-electron chi connectivity index (χ3n) is 5.12. The standard InChI is InChI=1S/C17H27N5O/c1-12-15(10-19-17(18)20-12)16(23)21-13-6-5-9-22(11-13)14-7-3-2-4-8-14/h10,13-14H,2-9,11H2,1H3,(H,21,23)(H2,18,19,20)/t13-/m1/s1. The highest BCUT2D eigenvalue weighted by Crippen LogP contribution is 2.25. The number of amides is 1. The highest BCUT2D eigenvalue weighted by Gasteiger charge is 2.28. The maximum atomic E-state index is 12.5. The van der Waals surface area contributed by atoms with Crippen molar-refractivity contribution in [1.82, 2.24) is 20.2 Å². The fourth-order valence-corrected chi connectivity index (χ4v) is 3.87. The first-order chi connectivity index (χ1) is 11.1. The number of likely N-dealkylation sites (tertiary alicyclic amines) is 1. The molecule has 3 rings (SSSR count). The molecule has 1 saturated carbocycles. The van der Waals surface area contributed by atoms with Crippen LogP contribution in [0.1, 0.15) is 61.0 Å². The number of hydrogen-bond acceptors (Lipinski definition) is 5. The summed E-state index contributed by atoms with van der Waals surface area (Å²) in [5.74, 6) is 0.123. The molecule has 3 N–H and O–H groups in total. The first-order valence-corrected chi connectivity index (χ1v) is 8.77. The van der Waals surface area contributed by atoms with Gasteiger partial charge in [0, 0.05) is 24.8 Å². The topological polar surface area (TPSA) is 84.1 Å². The molecule has 0 spiro atoms. The molecule has 1 aromatic rings. The van der Waals surface area contributed by atoms with E-state index < -0.39 is 0 Å². The molecule has 2 fully saturated rings. The SMILES string of the molecule is Cc1nc(N)ncc1C(=O)N[C@@H]1CCCN(C2CCCCC2)C1. The Kier molecular flexibility index (Phi) is 5.10. The van der Waals surface area contributed by atoms with E-state index in [1.54, 1.807) is 6.92 Å². The van der Waals surface area contributed by atoms with Crippen molar-refractivity contribution < 1.29 is 4.79 Å². The molecule has 0 aromatic carbocycles. The van der Waals surface area contributed by atoms with Gasteiger partial charge in [0.25, 0.3) is 5.91 Å². The summed E-state index contributed by atoms with van der Waals surface area (Å²) in [5.41, 5.74) is 6.71. The summed E-state index contributed by atoms with van der Waals surface area (Å²) < 4.78 is 0. The Bertz CT molecular complexity index is 556. The number of aryl methyl sites for hydroxylation is 1. The number of nitrogens with zero attached hydrogens (tertiary/aromatic N) is 3. The van der Waals surface area contributed by atoms with E-state index in [0.29, 0.717) is 17.3 Å². The van der Waals surface area contributed by atoms with E-state index in [0.717, 1.165) is 19.4 Å². The van der Waals surface area contributed by atoms with Gasteiger partial charge in [-0.25, -0.2) is 9.97 Å². The van der Waals surface area contributed by atoms with Crippen LogP contribution in [0.4, 0.5) is 5.95 Å². The van der Waals surface area contributed by atoms with Crippen molar-refractivity contribution in [3.05, 3.63) is 17.5 Å². The van der Waals surface area contributed by atoms with E-state index in [2.05, 4.69) is 20.2 Å². The first-order valence-electron chi connectivity index (χ1n) is 8.77. The molecular formula is C17H27N5O. The molecule has 0 unspecified atom stereocenters. The minimum Gasteiger partial charge on any atom is -0.368 e. The molecule has 0 bridgehead atoms. The average Bonchev–Trinajstić information content (AvgIpc) is 2.56. The van der Waals surface area contributed by atoms with E-state index in [4.69, 9.17) is 5.73 Å². The van der Waals surface area contributed by atoms with Gasteiger partial charge in [0.1, 0.15) is 0 Å². The molecule has 6 nitrogen and oxygen atoms in total. The molecule has 6 heteroatoms. The molecule has 23 heavy (non-hydrogen) atoms. The van der Waals surface area contributed by atoms with Crippen molar-refractivity contribution in [2.24, 2.45) is 0 Å². The predicted molar refractivity (Wildman–Crippen MR) is 90.1 cm³/mol. The van der Waals surface area contributed by atoms with Crippen LogP contribution in [0.5, 0.6) is 0 Å². The van der Waals surface area contributed by atoms with Crippen molar-refractivity contribution in [2.75, 3.05) is 18.8 Å². The van der Waals surface area contributed by atoms with Gasteiger partial charge in [-0.1, -0.05) is 19.3 Å². The van der Waals surface area contributed by atoms with Crippen LogP contribution in [0.2, 0.25) is 0 Å². The summed E-state index contributed by atoms with van der Waals surface area (Å²) >= 11 is 0. The Labute approximate surface area is 137 Å². The van der Waals surface area contributed by atoms with Crippen molar-refractivity contribution in [2.45, 2.75) is 64.0 Å². The minimum absolute atomic E-state index is 0.0852. The van der Waals surface area contributed by atoms with Gasteiger partial charge < -0.3 is 11.1 Å². The Balaban J connectivity index is 1.59. The van der Waals surface area contributed by atoms with Gasteiger partial charge in [0.05, 0.1) is 11.3 Å². The van der Waals surface area contributed by atoms with Crippen LogP contribution >= 0.6 is 0 Å². The van der Waals surface area contributed by atoms with Crippen LogP contribution in [0.15, 0.2) is 6.20 Å². The van der Waals surface area contributed by atoms with Gasteiger partial charge in [0.15, 0.2) is 0 Å². The second-order valence-electron chi connectivity index (χ2n) is 6.83. The zero-order chi connectivity index (χ0) is 16.2.